The van der Waals surface area contributed by atoms with Crippen LogP contribution in [0.1, 0.15) is 74.9 Å². The molecule has 0 aliphatic heterocycles. The number of hydrogen-bond acceptors (Lipinski definition) is 1. The molecule has 2 nitrogen and oxygen atoms in total. The highest BCUT2D eigenvalue weighted by Crippen LogP contribution is 2.56. The van der Waals surface area contributed by atoms with Gasteiger partial charge in [-0.3, -0.25) is 0 Å². The third-order valence-electron chi connectivity index (χ3n) is 15.6. The fourth-order valence-corrected chi connectivity index (χ4v) is 12.2. The third-order valence-corrected chi connectivity index (χ3v) is 15.6. The highest BCUT2D eigenvalue weighted by atomic mass is 15.1. The first-order valence-electron chi connectivity index (χ1n) is 23.2. The molecule has 0 spiro atoms. The fourth-order valence-electron chi connectivity index (χ4n) is 12.2. The number of anilines is 3. The average Bonchev–Trinajstić information content (AvgIpc) is 3.95. The van der Waals surface area contributed by atoms with E-state index in [4.69, 9.17) is 0 Å². The van der Waals surface area contributed by atoms with Crippen LogP contribution in [0.15, 0.2) is 194 Å². The van der Waals surface area contributed by atoms with Gasteiger partial charge < -0.3 is 9.47 Å². The average molecular weight is 835 g/mol. The standard InChI is InChI=1S/C63H50N2/c1-61(2)53-24-15-12-21-47(53)60-54(61)25-16-26-58(60)64(43-32-33-46-44-19-10-13-22-51(44)62(3,4)55(46)36-43)42-30-27-39(28-31-42)40-29-34-57-49(35-40)50-37-48-45-20-11-14-23-52(45)63(5,6)56(48)38-59(50)65(57)41-17-8-7-9-18-41/h7-38H,1-6H3. The summed E-state index contributed by atoms with van der Waals surface area (Å²) >= 11 is 0. The van der Waals surface area contributed by atoms with Crippen molar-refractivity contribution in [3.63, 3.8) is 0 Å². The molecule has 0 radical (unpaired) electrons. The molecule has 312 valence electrons. The van der Waals surface area contributed by atoms with E-state index in [-0.39, 0.29) is 16.2 Å². The van der Waals surface area contributed by atoms with E-state index in [9.17, 15) is 0 Å². The minimum absolute atomic E-state index is 0.0840. The lowest BCUT2D eigenvalue weighted by Gasteiger charge is -2.30. The predicted octanol–water partition coefficient (Wildman–Crippen LogP) is 16.8. The minimum Gasteiger partial charge on any atom is -0.310 e. The maximum absolute atomic E-state index is 2.51. The van der Waals surface area contributed by atoms with Crippen LogP contribution in [0.25, 0.3) is 72.0 Å². The van der Waals surface area contributed by atoms with Gasteiger partial charge in [-0.05, 0) is 139 Å². The van der Waals surface area contributed by atoms with E-state index in [0.29, 0.717) is 0 Å². The quantitative estimate of drug-likeness (QED) is 0.168. The molecular formula is C63H50N2. The van der Waals surface area contributed by atoms with Gasteiger partial charge in [-0.15, -0.1) is 0 Å². The van der Waals surface area contributed by atoms with Crippen molar-refractivity contribution < 1.29 is 0 Å². The first kappa shape index (κ1) is 38.1. The van der Waals surface area contributed by atoms with Crippen molar-refractivity contribution in [3.05, 3.63) is 228 Å². The fraction of sp³-hybridized carbons (Fsp3) is 0.143. The van der Waals surface area contributed by atoms with Gasteiger partial charge in [-0.25, -0.2) is 0 Å². The van der Waals surface area contributed by atoms with E-state index < -0.39 is 0 Å². The van der Waals surface area contributed by atoms with Gasteiger partial charge in [-0.2, -0.15) is 0 Å². The van der Waals surface area contributed by atoms with Crippen LogP contribution in [0.5, 0.6) is 0 Å². The monoisotopic (exact) mass is 834 g/mol. The molecule has 65 heavy (non-hydrogen) atoms. The Bertz CT molecular complexity index is 3620. The van der Waals surface area contributed by atoms with Crippen molar-refractivity contribution in [1.82, 2.24) is 4.57 Å². The summed E-state index contributed by atoms with van der Waals surface area (Å²) in [6.07, 6.45) is 0. The summed E-state index contributed by atoms with van der Waals surface area (Å²) in [6.45, 7) is 14.2. The SMILES string of the molecule is CC1(C)c2ccccc2-c2ccc(N(c3ccc(-c4ccc5c(c4)c4cc6c(cc4n5-c4ccccc4)C(C)(C)c4ccccc4-6)cc3)c3cccc4c3-c3ccccc3C4(C)C)cc21. The minimum atomic E-state index is -0.118. The second-order valence-corrected chi connectivity index (χ2v) is 20.1. The van der Waals surface area contributed by atoms with Crippen LogP contribution in [-0.4, -0.2) is 4.57 Å². The zero-order chi connectivity index (χ0) is 44.0. The van der Waals surface area contributed by atoms with Gasteiger partial charge in [0.1, 0.15) is 0 Å². The van der Waals surface area contributed by atoms with Gasteiger partial charge >= 0.3 is 0 Å². The van der Waals surface area contributed by atoms with Crippen LogP contribution in [0.4, 0.5) is 17.1 Å². The van der Waals surface area contributed by atoms with Crippen LogP contribution < -0.4 is 4.90 Å². The molecule has 0 saturated heterocycles. The van der Waals surface area contributed by atoms with E-state index in [2.05, 4.69) is 245 Å². The molecule has 10 aromatic rings. The van der Waals surface area contributed by atoms with Gasteiger partial charge in [0.05, 0.1) is 16.7 Å². The number of benzene rings is 9. The summed E-state index contributed by atoms with van der Waals surface area (Å²) in [5.74, 6) is 0. The molecule has 2 heteroatoms. The van der Waals surface area contributed by atoms with Gasteiger partial charge in [0.25, 0.3) is 0 Å². The summed E-state index contributed by atoms with van der Waals surface area (Å²) in [7, 11) is 0. The Balaban J connectivity index is 0.980. The Morgan fingerprint density at radius 2 is 0.862 bits per heavy atom. The lowest BCUT2D eigenvalue weighted by Crippen LogP contribution is -2.17. The number of para-hydroxylation sites is 1. The Hall–Kier alpha value is -7.42. The van der Waals surface area contributed by atoms with E-state index in [1.807, 2.05) is 0 Å². The number of nitrogens with zero attached hydrogens (tertiary/aromatic N) is 2. The van der Waals surface area contributed by atoms with E-state index >= 15 is 0 Å². The summed E-state index contributed by atoms with van der Waals surface area (Å²) < 4.78 is 2.46. The van der Waals surface area contributed by atoms with Gasteiger partial charge in [0.15, 0.2) is 0 Å². The lowest BCUT2D eigenvalue weighted by molar-refractivity contribution is 0.660. The van der Waals surface area contributed by atoms with Crippen LogP contribution in [0.2, 0.25) is 0 Å². The Labute approximate surface area is 382 Å². The van der Waals surface area contributed by atoms with Gasteiger partial charge in [0, 0.05) is 49.6 Å². The maximum Gasteiger partial charge on any atom is 0.0544 e. The Kier molecular flexibility index (Phi) is 7.80. The highest BCUT2D eigenvalue weighted by Gasteiger charge is 2.40. The van der Waals surface area contributed by atoms with Crippen LogP contribution in [-0.2, 0) is 16.2 Å². The first-order chi connectivity index (χ1) is 31.5. The van der Waals surface area contributed by atoms with Crippen molar-refractivity contribution in [2.24, 2.45) is 0 Å². The molecule has 0 N–H and O–H groups in total. The maximum atomic E-state index is 2.51. The number of rotatable bonds is 5. The molecule has 3 aliphatic carbocycles. The zero-order valence-electron chi connectivity index (χ0n) is 37.9. The number of hydrogen-bond donors (Lipinski definition) is 0. The Morgan fingerprint density at radius 3 is 1.57 bits per heavy atom. The summed E-state index contributed by atoms with van der Waals surface area (Å²) in [5.41, 5.74) is 25.5. The molecule has 3 aliphatic rings. The van der Waals surface area contributed by atoms with E-state index in [1.165, 1.54) is 117 Å². The van der Waals surface area contributed by atoms with E-state index in [0.717, 1.165) is 5.69 Å². The summed E-state index contributed by atoms with van der Waals surface area (Å²) in [6, 6.07) is 73.1. The predicted molar refractivity (Wildman–Crippen MR) is 274 cm³/mol. The summed E-state index contributed by atoms with van der Waals surface area (Å²) in [5, 5.41) is 2.54. The van der Waals surface area contributed by atoms with Crippen LogP contribution in [0, 0.1) is 0 Å². The van der Waals surface area contributed by atoms with Gasteiger partial charge in [0.2, 0.25) is 0 Å². The molecule has 9 aromatic carbocycles. The van der Waals surface area contributed by atoms with Crippen molar-refractivity contribution in [2.75, 3.05) is 4.90 Å². The van der Waals surface area contributed by atoms with Crippen molar-refractivity contribution in [3.8, 4) is 50.2 Å². The zero-order valence-corrected chi connectivity index (χ0v) is 37.9. The molecule has 0 atom stereocenters. The van der Waals surface area contributed by atoms with Gasteiger partial charge in [-0.1, -0.05) is 169 Å². The number of fused-ring (bicyclic) bond motifs is 12. The van der Waals surface area contributed by atoms with E-state index in [1.54, 1.807) is 0 Å². The molecular weight excluding hydrogens is 785 g/mol. The third kappa shape index (κ3) is 5.23. The number of aromatic nitrogens is 1. The molecule has 0 unspecified atom stereocenters. The largest absolute Gasteiger partial charge is 0.310 e. The lowest BCUT2D eigenvalue weighted by atomic mass is 9.82. The second-order valence-electron chi connectivity index (χ2n) is 20.1. The molecule has 0 saturated carbocycles. The van der Waals surface area contributed by atoms with Crippen molar-refractivity contribution in [2.45, 2.75) is 57.8 Å². The molecule has 0 amide bonds. The molecule has 1 heterocycles. The normalized spacial score (nSPS) is 15.3. The molecule has 13 rings (SSSR count). The van der Waals surface area contributed by atoms with Crippen molar-refractivity contribution >= 4 is 38.9 Å². The summed E-state index contributed by atoms with van der Waals surface area (Å²) in [4.78, 5) is 2.51. The highest BCUT2D eigenvalue weighted by molar-refractivity contribution is 6.13. The smallest absolute Gasteiger partial charge is 0.0544 e. The van der Waals surface area contributed by atoms with Crippen molar-refractivity contribution in [1.29, 1.82) is 0 Å². The van der Waals surface area contributed by atoms with Crippen LogP contribution >= 0.6 is 0 Å². The second kappa shape index (κ2) is 13.3. The molecule has 0 fully saturated rings. The molecule has 0 bridgehead atoms. The van der Waals surface area contributed by atoms with Crippen LogP contribution in [0.3, 0.4) is 0 Å². The topological polar surface area (TPSA) is 8.17 Å². The Morgan fingerprint density at radius 1 is 0.338 bits per heavy atom. The molecule has 1 aromatic heterocycles. The first-order valence-corrected chi connectivity index (χ1v) is 23.2.